The molecular formula is C18H19ClN4O3. The van der Waals surface area contributed by atoms with E-state index in [1.807, 2.05) is 17.0 Å². The molecule has 136 valence electrons. The lowest BCUT2D eigenvalue weighted by Crippen LogP contribution is -2.31. The van der Waals surface area contributed by atoms with Gasteiger partial charge < -0.3 is 24.5 Å². The monoisotopic (exact) mass is 374 g/mol. The van der Waals surface area contributed by atoms with E-state index in [2.05, 4.69) is 9.88 Å². The molecule has 2 aliphatic rings. The summed E-state index contributed by atoms with van der Waals surface area (Å²) in [7, 11) is 0. The Morgan fingerprint density at radius 2 is 1.92 bits per heavy atom. The SMILES string of the molecule is O=C(c1cc(Cl)nc(N2CCOC2)c1)N1CCN(c2ccc(O)cc2)C1. The maximum atomic E-state index is 12.9. The molecule has 2 aliphatic heterocycles. The van der Waals surface area contributed by atoms with E-state index in [0.29, 0.717) is 43.1 Å². The van der Waals surface area contributed by atoms with Gasteiger partial charge in [-0.2, -0.15) is 0 Å². The molecule has 1 aromatic carbocycles. The van der Waals surface area contributed by atoms with Crippen LogP contribution in [0.4, 0.5) is 11.5 Å². The van der Waals surface area contributed by atoms with Crippen molar-refractivity contribution in [3.05, 3.63) is 47.1 Å². The second kappa shape index (κ2) is 7.01. The summed E-state index contributed by atoms with van der Waals surface area (Å²) in [6, 6.07) is 10.4. The maximum Gasteiger partial charge on any atom is 0.255 e. The third kappa shape index (κ3) is 3.40. The first-order valence-electron chi connectivity index (χ1n) is 8.44. The molecule has 0 unspecified atom stereocenters. The van der Waals surface area contributed by atoms with Gasteiger partial charge in [-0.25, -0.2) is 4.98 Å². The predicted octanol–water partition coefficient (Wildman–Crippen LogP) is 2.15. The van der Waals surface area contributed by atoms with Crippen molar-refractivity contribution in [1.82, 2.24) is 9.88 Å². The molecule has 2 aromatic rings. The summed E-state index contributed by atoms with van der Waals surface area (Å²) in [4.78, 5) is 23.0. The molecule has 0 atom stereocenters. The van der Waals surface area contributed by atoms with Gasteiger partial charge in [0.15, 0.2) is 0 Å². The van der Waals surface area contributed by atoms with Gasteiger partial charge in [-0.1, -0.05) is 11.6 Å². The van der Waals surface area contributed by atoms with Crippen LogP contribution in [-0.4, -0.2) is 60.5 Å². The first-order chi connectivity index (χ1) is 12.6. The molecule has 4 rings (SSSR count). The van der Waals surface area contributed by atoms with Crippen LogP contribution in [0.5, 0.6) is 5.75 Å². The third-order valence-corrected chi connectivity index (χ3v) is 4.78. The standard InChI is InChI=1S/C18H19ClN4O3/c19-16-9-13(10-17(20-16)23-7-8-26-12-23)18(25)22-6-5-21(11-22)14-1-3-15(24)4-2-14/h1-4,9-10,24H,5-8,11-12H2. The van der Waals surface area contributed by atoms with Gasteiger partial charge in [0.2, 0.25) is 0 Å². The lowest BCUT2D eigenvalue weighted by molar-refractivity contribution is 0.0794. The minimum atomic E-state index is -0.0723. The Kier molecular flexibility index (Phi) is 4.57. The minimum Gasteiger partial charge on any atom is -0.508 e. The average molecular weight is 375 g/mol. The molecule has 0 radical (unpaired) electrons. The second-order valence-electron chi connectivity index (χ2n) is 6.33. The van der Waals surface area contributed by atoms with E-state index < -0.39 is 0 Å². The fraction of sp³-hybridized carbons (Fsp3) is 0.333. The number of carbonyl (C=O) groups excluding carboxylic acids is 1. The summed E-state index contributed by atoms with van der Waals surface area (Å²) in [5.41, 5.74) is 1.50. The zero-order valence-electron chi connectivity index (χ0n) is 14.1. The molecule has 0 spiro atoms. The molecular weight excluding hydrogens is 356 g/mol. The normalized spacial score (nSPS) is 17.2. The quantitative estimate of drug-likeness (QED) is 0.830. The molecule has 26 heavy (non-hydrogen) atoms. The number of ether oxygens (including phenoxy) is 1. The Labute approximate surface area is 156 Å². The van der Waals surface area contributed by atoms with Crippen LogP contribution in [0.25, 0.3) is 0 Å². The number of phenols is 1. The lowest BCUT2D eigenvalue weighted by Gasteiger charge is -2.21. The number of hydrogen-bond donors (Lipinski definition) is 1. The highest BCUT2D eigenvalue weighted by Crippen LogP contribution is 2.24. The van der Waals surface area contributed by atoms with Gasteiger partial charge in [-0.15, -0.1) is 0 Å². The number of rotatable bonds is 3. The first-order valence-corrected chi connectivity index (χ1v) is 8.81. The third-order valence-electron chi connectivity index (χ3n) is 4.59. The van der Waals surface area contributed by atoms with Crippen LogP contribution in [0.3, 0.4) is 0 Å². The number of hydrogen-bond acceptors (Lipinski definition) is 6. The van der Waals surface area contributed by atoms with Gasteiger partial charge in [-0.3, -0.25) is 4.79 Å². The highest BCUT2D eigenvalue weighted by molar-refractivity contribution is 6.29. The van der Waals surface area contributed by atoms with Crippen molar-refractivity contribution in [3.63, 3.8) is 0 Å². The van der Waals surface area contributed by atoms with Crippen LogP contribution in [0.1, 0.15) is 10.4 Å². The van der Waals surface area contributed by atoms with E-state index in [4.69, 9.17) is 16.3 Å². The van der Waals surface area contributed by atoms with Crippen LogP contribution in [0.2, 0.25) is 5.15 Å². The molecule has 2 fully saturated rings. The highest BCUT2D eigenvalue weighted by Gasteiger charge is 2.26. The van der Waals surface area contributed by atoms with Crippen LogP contribution in [-0.2, 0) is 4.74 Å². The molecule has 0 aliphatic carbocycles. The van der Waals surface area contributed by atoms with Crippen LogP contribution in [0.15, 0.2) is 36.4 Å². The zero-order chi connectivity index (χ0) is 18.1. The Balaban J connectivity index is 1.50. The maximum absolute atomic E-state index is 12.9. The molecule has 1 aromatic heterocycles. The summed E-state index contributed by atoms with van der Waals surface area (Å²) in [5, 5.41) is 9.71. The topological polar surface area (TPSA) is 69.1 Å². The Bertz CT molecular complexity index is 809. The largest absolute Gasteiger partial charge is 0.508 e. The van der Waals surface area contributed by atoms with E-state index in [-0.39, 0.29) is 11.7 Å². The van der Waals surface area contributed by atoms with Gasteiger partial charge in [0.1, 0.15) is 23.5 Å². The van der Waals surface area contributed by atoms with Crippen LogP contribution in [0, 0.1) is 0 Å². The molecule has 0 bridgehead atoms. The fourth-order valence-corrected chi connectivity index (χ4v) is 3.38. The summed E-state index contributed by atoms with van der Waals surface area (Å²) < 4.78 is 5.35. The summed E-state index contributed by atoms with van der Waals surface area (Å²) in [6.07, 6.45) is 0. The summed E-state index contributed by atoms with van der Waals surface area (Å²) in [5.74, 6) is 0.815. The van der Waals surface area contributed by atoms with Gasteiger partial charge in [0.05, 0.1) is 13.3 Å². The number of pyridine rings is 1. The van der Waals surface area contributed by atoms with E-state index >= 15 is 0 Å². The first kappa shape index (κ1) is 16.9. The van der Waals surface area contributed by atoms with Crippen molar-refractivity contribution in [2.75, 3.05) is 49.4 Å². The lowest BCUT2D eigenvalue weighted by atomic mass is 10.2. The number of aromatic nitrogens is 1. The van der Waals surface area contributed by atoms with E-state index in [9.17, 15) is 9.90 Å². The van der Waals surface area contributed by atoms with Crippen molar-refractivity contribution >= 4 is 29.0 Å². The number of nitrogens with zero attached hydrogens (tertiary/aromatic N) is 4. The van der Waals surface area contributed by atoms with Crippen molar-refractivity contribution in [2.45, 2.75) is 0 Å². The van der Waals surface area contributed by atoms with Gasteiger partial charge >= 0.3 is 0 Å². The molecule has 1 N–H and O–H groups in total. The van der Waals surface area contributed by atoms with Crippen molar-refractivity contribution in [1.29, 1.82) is 0 Å². The van der Waals surface area contributed by atoms with Crippen molar-refractivity contribution < 1.29 is 14.6 Å². The number of halogens is 1. The van der Waals surface area contributed by atoms with Gasteiger partial charge in [0, 0.05) is 30.9 Å². The van der Waals surface area contributed by atoms with E-state index in [1.165, 1.54) is 0 Å². The van der Waals surface area contributed by atoms with E-state index in [0.717, 1.165) is 18.8 Å². The predicted molar refractivity (Wildman–Crippen MR) is 98.8 cm³/mol. The Morgan fingerprint density at radius 3 is 2.65 bits per heavy atom. The molecule has 7 nitrogen and oxygen atoms in total. The number of carbonyl (C=O) groups is 1. The summed E-state index contributed by atoms with van der Waals surface area (Å²) >= 11 is 6.14. The Hall–Kier alpha value is -2.51. The number of aromatic hydroxyl groups is 1. The second-order valence-corrected chi connectivity index (χ2v) is 6.71. The number of amides is 1. The zero-order valence-corrected chi connectivity index (χ0v) is 14.9. The minimum absolute atomic E-state index is 0.0723. The van der Waals surface area contributed by atoms with Crippen molar-refractivity contribution in [3.8, 4) is 5.75 Å². The number of phenolic OH excluding ortho intramolecular Hbond substituents is 1. The highest BCUT2D eigenvalue weighted by atomic mass is 35.5. The number of anilines is 2. The van der Waals surface area contributed by atoms with E-state index in [1.54, 1.807) is 29.2 Å². The van der Waals surface area contributed by atoms with Crippen LogP contribution >= 0.6 is 11.6 Å². The molecule has 8 heteroatoms. The van der Waals surface area contributed by atoms with Crippen molar-refractivity contribution in [2.24, 2.45) is 0 Å². The summed E-state index contributed by atoms with van der Waals surface area (Å²) in [6.45, 7) is 3.69. The smallest absolute Gasteiger partial charge is 0.255 e. The molecule has 0 saturated carbocycles. The number of benzene rings is 1. The molecule has 2 saturated heterocycles. The fourth-order valence-electron chi connectivity index (χ4n) is 3.17. The Morgan fingerprint density at radius 1 is 1.12 bits per heavy atom. The van der Waals surface area contributed by atoms with Gasteiger partial charge in [-0.05, 0) is 36.4 Å². The van der Waals surface area contributed by atoms with Crippen LogP contribution < -0.4 is 9.80 Å². The average Bonchev–Trinajstić information content (AvgIpc) is 3.33. The molecule has 3 heterocycles. The molecule has 1 amide bonds. The van der Waals surface area contributed by atoms with Gasteiger partial charge in [0.25, 0.3) is 5.91 Å².